The molecule has 0 amide bonds. The van der Waals surface area contributed by atoms with Crippen LogP contribution in [0.5, 0.6) is 0 Å². The molecule has 4 heteroatoms. The van der Waals surface area contributed by atoms with Crippen LogP contribution in [0.25, 0.3) is 83.2 Å². The molecule has 1 radical (unpaired) electrons. The average Bonchev–Trinajstić information content (AvgIpc) is 3.91. The van der Waals surface area contributed by atoms with Gasteiger partial charge in [0.2, 0.25) is 0 Å². The van der Waals surface area contributed by atoms with Gasteiger partial charge in [0.1, 0.15) is 11.3 Å². The third kappa shape index (κ3) is 6.10. The molecule has 0 unspecified atom stereocenters. The predicted molar refractivity (Wildman–Crippen MR) is 277 cm³/mol. The summed E-state index contributed by atoms with van der Waals surface area (Å²) < 4.78 is 9.58. The summed E-state index contributed by atoms with van der Waals surface area (Å²) in [4.78, 5) is 0. The first kappa shape index (κ1) is 39.5. The lowest BCUT2D eigenvalue weighted by Gasteiger charge is -2.26. The van der Waals surface area contributed by atoms with Crippen LogP contribution in [0.4, 0.5) is 11.4 Å². The molecule has 0 spiro atoms. The van der Waals surface area contributed by atoms with Gasteiger partial charge in [-0.1, -0.05) is 176 Å². The Kier molecular flexibility index (Phi) is 8.51. The van der Waals surface area contributed by atoms with Gasteiger partial charge in [-0.2, -0.15) is 0 Å². The molecule has 0 saturated carbocycles. The van der Waals surface area contributed by atoms with Gasteiger partial charge in [0.15, 0.2) is 7.28 Å². The Morgan fingerprint density at radius 1 is 0.538 bits per heavy atom. The Balaban J connectivity index is 1.15. The van der Waals surface area contributed by atoms with Gasteiger partial charge >= 0.3 is 0 Å². The van der Waals surface area contributed by atoms with E-state index < -0.39 is 0 Å². The van der Waals surface area contributed by atoms with Crippen molar-refractivity contribution in [2.24, 2.45) is 0 Å². The van der Waals surface area contributed by atoms with E-state index in [1.54, 1.807) is 0 Å². The van der Waals surface area contributed by atoms with Crippen molar-refractivity contribution in [3.05, 3.63) is 186 Å². The first-order chi connectivity index (χ1) is 31.2. The quantitative estimate of drug-likeness (QED) is 0.175. The maximum absolute atomic E-state index is 7.00. The van der Waals surface area contributed by atoms with Gasteiger partial charge in [0.25, 0.3) is 0 Å². The van der Waals surface area contributed by atoms with E-state index in [9.17, 15) is 0 Å². The standard InChI is InChI=1S/C61H52BN2O/c1-59(2,3)38-23-26-40(27-24-38)63-51-30-25-39(60(4,5)6)31-45(51)42-28-29-43-46-32-44-41-21-15-16-22-48(41)61(7,8)49(44)34-52(46)64-53-33-47-54(35-50(53)62-56(42)57(43)64)65-58(37-19-13-10-14-20-37)55(47)36-17-11-9-12-18-36/h9-35,63H,1-8H3. The second-order valence-electron chi connectivity index (χ2n) is 20.9. The van der Waals surface area contributed by atoms with Crippen LogP contribution in [-0.4, -0.2) is 11.8 Å². The fourth-order valence-electron chi connectivity index (χ4n) is 10.8. The molecule has 2 aliphatic rings. The van der Waals surface area contributed by atoms with Gasteiger partial charge in [0, 0.05) is 60.8 Å². The Bertz CT molecular complexity index is 3560. The summed E-state index contributed by atoms with van der Waals surface area (Å²) in [6, 6.07) is 60.6. The normalized spacial score (nSPS) is 13.8. The molecular weight excluding hydrogens is 787 g/mol. The first-order valence-electron chi connectivity index (χ1n) is 23.1. The van der Waals surface area contributed by atoms with E-state index in [1.807, 2.05) is 0 Å². The Morgan fingerprint density at radius 3 is 1.94 bits per heavy atom. The van der Waals surface area contributed by atoms with Crippen LogP contribution in [0, 0.1) is 0 Å². The molecule has 1 aliphatic carbocycles. The SMILES string of the molecule is CC(C)(C)c1ccc(Nc2ccc(C(C)(C)C)cc2-c2ccc3c4cc5c(cc4n4c3c2[B]c2cc3oc(-c6ccccc6)c(-c6ccccc6)c3cc2-4)C(C)(C)c2ccccc2-5)cc1. The van der Waals surface area contributed by atoms with E-state index in [4.69, 9.17) is 4.42 Å². The van der Waals surface area contributed by atoms with Crippen molar-refractivity contribution in [2.75, 3.05) is 5.32 Å². The number of fused-ring (bicyclic) bond motifs is 9. The van der Waals surface area contributed by atoms with Crippen LogP contribution in [0.3, 0.4) is 0 Å². The van der Waals surface area contributed by atoms with Crippen LogP contribution in [0.1, 0.15) is 77.6 Å². The minimum Gasteiger partial charge on any atom is -0.455 e. The third-order valence-corrected chi connectivity index (χ3v) is 14.4. The summed E-state index contributed by atoms with van der Waals surface area (Å²) in [7, 11) is 2.43. The van der Waals surface area contributed by atoms with E-state index in [0.717, 1.165) is 55.9 Å². The third-order valence-electron chi connectivity index (χ3n) is 14.4. The predicted octanol–water partition coefficient (Wildman–Crippen LogP) is 15.1. The number of rotatable bonds is 5. The topological polar surface area (TPSA) is 30.1 Å². The van der Waals surface area contributed by atoms with E-state index in [1.165, 1.54) is 71.8 Å². The molecule has 3 heterocycles. The number of benzene rings is 8. The van der Waals surface area contributed by atoms with Crippen LogP contribution < -0.4 is 16.2 Å². The van der Waals surface area contributed by atoms with Crippen molar-refractivity contribution in [3.8, 4) is 50.4 Å². The molecule has 0 fully saturated rings. The maximum Gasteiger partial charge on any atom is 0.198 e. The molecule has 0 saturated heterocycles. The highest BCUT2D eigenvalue weighted by Gasteiger charge is 2.37. The molecule has 65 heavy (non-hydrogen) atoms. The Hall–Kier alpha value is -7.04. The fourth-order valence-corrected chi connectivity index (χ4v) is 10.8. The zero-order valence-corrected chi connectivity index (χ0v) is 38.5. The molecule has 3 nitrogen and oxygen atoms in total. The first-order valence-corrected chi connectivity index (χ1v) is 23.1. The van der Waals surface area contributed by atoms with Gasteiger partial charge < -0.3 is 14.3 Å². The summed E-state index contributed by atoms with van der Waals surface area (Å²) in [6.07, 6.45) is 0. The monoisotopic (exact) mass is 839 g/mol. The van der Waals surface area contributed by atoms with Crippen molar-refractivity contribution in [1.29, 1.82) is 0 Å². The Labute approximate surface area is 383 Å². The van der Waals surface area contributed by atoms with Gasteiger partial charge in [-0.3, -0.25) is 0 Å². The van der Waals surface area contributed by atoms with Crippen LogP contribution in [-0.2, 0) is 16.2 Å². The van der Waals surface area contributed by atoms with Crippen molar-refractivity contribution >= 4 is 62.4 Å². The van der Waals surface area contributed by atoms with Crippen molar-refractivity contribution < 1.29 is 4.42 Å². The lowest BCUT2D eigenvalue weighted by atomic mass is 9.59. The minimum absolute atomic E-state index is 0.0460. The Morgan fingerprint density at radius 2 is 1.22 bits per heavy atom. The van der Waals surface area contributed by atoms with Crippen molar-refractivity contribution in [1.82, 2.24) is 4.57 Å². The molecule has 12 rings (SSSR count). The zero-order valence-electron chi connectivity index (χ0n) is 38.5. The smallest absolute Gasteiger partial charge is 0.198 e. The van der Waals surface area contributed by atoms with E-state index in [-0.39, 0.29) is 16.2 Å². The van der Waals surface area contributed by atoms with E-state index in [0.29, 0.717) is 0 Å². The van der Waals surface area contributed by atoms with Gasteiger partial charge in [-0.25, -0.2) is 0 Å². The van der Waals surface area contributed by atoms with E-state index >= 15 is 0 Å². The zero-order chi connectivity index (χ0) is 44.6. The number of hydrogen-bond acceptors (Lipinski definition) is 2. The molecule has 0 bridgehead atoms. The van der Waals surface area contributed by atoms with Gasteiger partial charge in [-0.05, 0) is 109 Å². The van der Waals surface area contributed by atoms with Crippen LogP contribution in [0.2, 0.25) is 0 Å². The summed E-state index contributed by atoms with van der Waals surface area (Å²) in [6.45, 7) is 18.5. The number of furan rings is 1. The second kappa shape index (κ2) is 14.0. The van der Waals surface area contributed by atoms with Crippen LogP contribution >= 0.6 is 0 Å². The molecule has 1 N–H and O–H groups in total. The molecule has 2 aromatic heterocycles. The second-order valence-corrected chi connectivity index (χ2v) is 20.9. The average molecular weight is 840 g/mol. The maximum atomic E-state index is 7.00. The highest BCUT2D eigenvalue weighted by molar-refractivity contribution is 6.73. The molecule has 10 aromatic rings. The summed E-state index contributed by atoms with van der Waals surface area (Å²) >= 11 is 0. The lowest BCUT2D eigenvalue weighted by molar-refractivity contribution is 0.590. The fraction of sp³-hybridized carbons (Fsp3) is 0.180. The van der Waals surface area contributed by atoms with E-state index in [2.05, 4.69) is 236 Å². The van der Waals surface area contributed by atoms with Crippen LogP contribution in [0.15, 0.2) is 168 Å². The van der Waals surface area contributed by atoms with Gasteiger partial charge in [-0.15, -0.1) is 0 Å². The summed E-state index contributed by atoms with van der Waals surface area (Å²) in [5, 5.41) is 7.51. The summed E-state index contributed by atoms with van der Waals surface area (Å²) in [5.74, 6) is 0.887. The number of hydrogen-bond donors (Lipinski definition) is 1. The highest BCUT2D eigenvalue weighted by atomic mass is 16.3. The van der Waals surface area contributed by atoms with Gasteiger partial charge in [0.05, 0.1) is 5.52 Å². The number of aromatic nitrogens is 1. The molecule has 8 aromatic carbocycles. The summed E-state index contributed by atoms with van der Waals surface area (Å²) in [5.41, 5.74) is 22.6. The molecule has 1 aliphatic heterocycles. The van der Waals surface area contributed by atoms with Crippen molar-refractivity contribution in [2.45, 2.75) is 71.6 Å². The molecule has 315 valence electrons. The molecular formula is C61H52BN2O. The number of nitrogens with zero attached hydrogens (tertiary/aromatic N) is 1. The number of nitrogens with one attached hydrogen (secondary N) is 1. The highest BCUT2D eigenvalue weighted by Crippen LogP contribution is 2.52. The minimum atomic E-state index is -0.146. The molecule has 0 atom stereocenters. The lowest BCUT2D eigenvalue weighted by Crippen LogP contribution is -2.37. The number of anilines is 2. The van der Waals surface area contributed by atoms with Crippen molar-refractivity contribution in [3.63, 3.8) is 0 Å². The largest absolute Gasteiger partial charge is 0.455 e.